The lowest BCUT2D eigenvalue weighted by Gasteiger charge is -2.32. The zero-order valence-corrected chi connectivity index (χ0v) is 12.9. The van der Waals surface area contributed by atoms with E-state index in [0.717, 1.165) is 32.0 Å². The molecule has 1 unspecified atom stereocenters. The lowest BCUT2D eigenvalue weighted by Crippen LogP contribution is -2.38. The van der Waals surface area contributed by atoms with E-state index in [4.69, 9.17) is 0 Å². The summed E-state index contributed by atoms with van der Waals surface area (Å²) in [6.07, 6.45) is -2.63. The molecular weight excluding hydrogens is 333 g/mol. The van der Waals surface area contributed by atoms with Crippen molar-refractivity contribution in [2.45, 2.75) is 32.0 Å². The van der Waals surface area contributed by atoms with Crippen molar-refractivity contribution in [1.82, 2.24) is 5.32 Å². The number of nitrogens with one attached hydrogen (secondary N) is 1. The van der Waals surface area contributed by atoms with Crippen LogP contribution in [0.15, 0.2) is 22.7 Å². The van der Waals surface area contributed by atoms with Crippen LogP contribution >= 0.6 is 15.9 Å². The van der Waals surface area contributed by atoms with Crippen LogP contribution in [-0.4, -0.2) is 25.7 Å². The normalized spacial score (nSPS) is 19.4. The molecule has 0 radical (unpaired) electrons. The number of hydrogen-bond acceptors (Lipinski definition) is 2. The van der Waals surface area contributed by atoms with Crippen molar-refractivity contribution in [1.29, 1.82) is 0 Å². The molecule has 1 atom stereocenters. The van der Waals surface area contributed by atoms with E-state index >= 15 is 0 Å². The Morgan fingerprint density at radius 1 is 1.40 bits per heavy atom. The fourth-order valence-electron chi connectivity index (χ4n) is 2.63. The molecule has 0 aromatic heterocycles. The first-order valence-corrected chi connectivity index (χ1v) is 7.57. The Morgan fingerprint density at radius 2 is 2.15 bits per heavy atom. The molecule has 1 aromatic rings. The maximum atomic E-state index is 13.2. The Kier molecular flexibility index (Phi) is 4.96. The summed E-state index contributed by atoms with van der Waals surface area (Å²) in [4.78, 5) is 1.90. The molecule has 1 aromatic carbocycles. The molecule has 1 fully saturated rings. The summed E-state index contributed by atoms with van der Waals surface area (Å²) in [5, 5.41) is 3.22. The van der Waals surface area contributed by atoms with Crippen LogP contribution in [0.4, 0.5) is 18.9 Å². The second-order valence-corrected chi connectivity index (χ2v) is 5.91. The van der Waals surface area contributed by atoms with E-state index in [9.17, 15) is 13.2 Å². The quantitative estimate of drug-likeness (QED) is 0.881. The number of halogens is 4. The van der Waals surface area contributed by atoms with Crippen LogP contribution in [0.5, 0.6) is 0 Å². The van der Waals surface area contributed by atoms with Gasteiger partial charge in [0.2, 0.25) is 0 Å². The van der Waals surface area contributed by atoms with Crippen molar-refractivity contribution >= 4 is 21.6 Å². The second kappa shape index (κ2) is 6.35. The van der Waals surface area contributed by atoms with Crippen LogP contribution < -0.4 is 10.2 Å². The average Bonchev–Trinajstić information content (AvgIpc) is 2.87. The summed E-state index contributed by atoms with van der Waals surface area (Å²) in [5.41, 5.74) is -0.275. The van der Waals surface area contributed by atoms with Gasteiger partial charge in [-0.25, -0.2) is 0 Å². The van der Waals surface area contributed by atoms with Crippen molar-refractivity contribution in [3.63, 3.8) is 0 Å². The van der Waals surface area contributed by atoms with Gasteiger partial charge in [-0.1, -0.05) is 22.9 Å². The van der Waals surface area contributed by atoms with E-state index in [1.807, 2.05) is 11.8 Å². The van der Waals surface area contributed by atoms with Crippen LogP contribution in [0.1, 0.15) is 25.3 Å². The predicted molar refractivity (Wildman–Crippen MR) is 78.1 cm³/mol. The Morgan fingerprint density at radius 3 is 2.70 bits per heavy atom. The van der Waals surface area contributed by atoms with Gasteiger partial charge in [-0.05, 0) is 37.6 Å². The minimum atomic E-state index is -4.33. The van der Waals surface area contributed by atoms with Crippen LogP contribution in [-0.2, 0) is 6.18 Å². The third-order valence-electron chi connectivity index (χ3n) is 3.51. The molecule has 1 heterocycles. The molecule has 0 spiro atoms. The molecular formula is C14H18BrF3N2. The Hall–Kier alpha value is -0.750. The standard InChI is InChI=1S/C14H18BrF3N2/c1-2-7-20(11-5-6-19-9-11)13-8-10(15)3-4-12(13)14(16,17)18/h3-4,8,11,19H,2,5-7,9H2,1H3. The van der Waals surface area contributed by atoms with Gasteiger partial charge in [-0.3, -0.25) is 0 Å². The van der Waals surface area contributed by atoms with E-state index in [1.54, 1.807) is 6.07 Å². The molecule has 6 heteroatoms. The minimum Gasteiger partial charge on any atom is -0.367 e. The van der Waals surface area contributed by atoms with Crippen molar-refractivity contribution in [3.8, 4) is 0 Å². The molecule has 1 aliphatic heterocycles. The Labute approximate surface area is 125 Å². The highest BCUT2D eigenvalue weighted by Gasteiger charge is 2.36. The van der Waals surface area contributed by atoms with Crippen molar-refractivity contribution < 1.29 is 13.2 Å². The molecule has 112 valence electrons. The summed E-state index contributed by atoms with van der Waals surface area (Å²) < 4.78 is 40.3. The summed E-state index contributed by atoms with van der Waals surface area (Å²) in [7, 11) is 0. The SMILES string of the molecule is CCCN(c1cc(Br)ccc1C(F)(F)F)C1CCNC1. The van der Waals surface area contributed by atoms with Gasteiger partial charge in [0, 0.05) is 23.6 Å². The first-order valence-electron chi connectivity index (χ1n) is 6.77. The number of anilines is 1. The maximum absolute atomic E-state index is 13.2. The summed E-state index contributed by atoms with van der Waals surface area (Å²) in [6, 6.07) is 4.32. The predicted octanol–water partition coefficient (Wildman–Crippen LogP) is 4.05. The summed E-state index contributed by atoms with van der Waals surface area (Å²) >= 11 is 3.28. The molecule has 1 aliphatic rings. The third kappa shape index (κ3) is 3.47. The van der Waals surface area contributed by atoms with Gasteiger partial charge in [0.1, 0.15) is 0 Å². The number of alkyl halides is 3. The molecule has 0 aliphatic carbocycles. The smallest absolute Gasteiger partial charge is 0.367 e. The minimum absolute atomic E-state index is 0.130. The first kappa shape index (κ1) is 15.6. The lowest BCUT2D eigenvalue weighted by atomic mass is 10.1. The van der Waals surface area contributed by atoms with Gasteiger partial charge < -0.3 is 10.2 Å². The largest absolute Gasteiger partial charge is 0.418 e. The van der Waals surface area contributed by atoms with Crippen LogP contribution in [0, 0.1) is 0 Å². The van der Waals surface area contributed by atoms with Crippen LogP contribution in [0.25, 0.3) is 0 Å². The fourth-order valence-corrected chi connectivity index (χ4v) is 2.98. The van der Waals surface area contributed by atoms with Gasteiger partial charge in [0.25, 0.3) is 0 Å². The van der Waals surface area contributed by atoms with Crippen LogP contribution in [0.2, 0.25) is 0 Å². The first-order chi connectivity index (χ1) is 9.43. The molecule has 1 N–H and O–H groups in total. The number of rotatable bonds is 4. The maximum Gasteiger partial charge on any atom is 0.418 e. The van der Waals surface area contributed by atoms with Gasteiger partial charge in [0.15, 0.2) is 0 Å². The van der Waals surface area contributed by atoms with Gasteiger partial charge >= 0.3 is 6.18 Å². The molecule has 0 saturated carbocycles. The van der Waals surface area contributed by atoms with E-state index < -0.39 is 11.7 Å². The molecule has 20 heavy (non-hydrogen) atoms. The van der Waals surface area contributed by atoms with E-state index in [0.29, 0.717) is 11.0 Å². The van der Waals surface area contributed by atoms with Gasteiger partial charge in [0.05, 0.1) is 11.3 Å². The third-order valence-corrected chi connectivity index (χ3v) is 4.01. The number of benzene rings is 1. The van der Waals surface area contributed by atoms with E-state index in [2.05, 4.69) is 21.2 Å². The number of hydrogen-bond donors (Lipinski definition) is 1. The molecule has 0 amide bonds. The lowest BCUT2D eigenvalue weighted by molar-refractivity contribution is -0.137. The van der Waals surface area contributed by atoms with Gasteiger partial charge in [-0.15, -0.1) is 0 Å². The summed E-state index contributed by atoms with van der Waals surface area (Å²) in [6.45, 7) is 4.22. The molecule has 2 nitrogen and oxygen atoms in total. The fraction of sp³-hybridized carbons (Fsp3) is 0.571. The van der Waals surface area contributed by atoms with Crippen molar-refractivity contribution in [2.75, 3.05) is 24.5 Å². The molecule has 2 rings (SSSR count). The van der Waals surface area contributed by atoms with Crippen molar-refractivity contribution in [2.24, 2.45) is 0 Å². The zero-order chi connectivity index (χ0) is 14.8. The summed E-state index contributed by atoms with van der Waals surface area (Å²) in [5.74, 6) is 0. The monoisotopic (exact) mass is 350 g/mol. The number of nitrogens with zero attached hydrogens (tertiary/aromatic N) is 1. The Balaban J connectivity index is 2.42. The second-order valence-electron chi connectivity index (χ2n) is 5.00. The topological polar surface area (TPSA) is 15.3 Å². The molecule has 0 bridgehead atoms. The Bertz CT molecular complexity index is 456. The molecule has 1 saturated heterocycles. The highest BCUT2D eigenvalue weighted by Crippen LogP contribution is 2.39. The zero-order valence-electron chi connectivity index (χ0n) is 11.3. The van der Waals surface area contributed by atoms with Gasteiger partial charge in [-0.2, -0.15) is 13.2 Å². The van der Waals surface area contributed by atoms with E-state index in [-0.39, 0.29) is 11.7 Å². The van der Waals surface area contributed by atoms with Crippen molar-refractivity contribution in [3.05, 3.63) is 28.2 Å². The highest BCUT2D eigenvalue weighted by molar-refractivity contribution is 9.10. The average molecular weight is 351 g/mol. The van der Waals surface area contributed by atoms with Crippen LogP contribution in [0.3, 0.4) is 0 Å². The highest BCUT2D eigenvalue weighted by atomic mass is 79.9. The van der Waals surface area contributed by atoms with E-state index in [1.165, 1.54) is 6.07 Å².